The summed E-state index contributed by atoms with van der Waals surface area (Å²) in [7, 11) is 0. The number of nitrogens with one attached hydrogen (secondary N) is 2. The molecule has 4 unspecified atom stereocenters. The van der Waals surface area contributed by atoms with Crippen LogP contribution in [0.5, 0.6) is 0 Å². The first-order chi connectivity index (χ1) is 11.6. The first kappa shape index (κ1) is 17.5. The van der Waals surface area contributed by atoms with Gasteiger partial charge in [0.05, 0.1) is 18.2 Å². The Morgan fingerprint density at radius 3 is 2.96 bits per heavy atom. The lowest BCUT2D eigenvalue weighted by Crippen LogP contribution is -2.70. The van der Waals surface area contributed by atoms with Gasteiger partial charge in [-0.2, -0.15) is 0 Å². The van der Waals surface area contributed by atoms with Gasteiger partial charge in [0.25, 0.3) is 0 Å². The number of benzene rings is 1. The molecule has 2 aliphatic rings. The Morgan fingerprint density at radius 1 is 1.50 bits per heavy atom. The minimum Gasteiger partial charge on any atom is -0.375 e. The number of carbonyl (C=O) groups excluding carboxylic acids is 1. The molecule has 1 aliphatic heterocycles. The van der Waals surface area contributed by atoms with Gasteiger partial charge in [-0.05, 0) is 44.7 Å². The zero-order valence-corrected chi connectivity index (χ0v) is 14.9. The van der Waals surface area contributed by atoms with Crippen LogP contribution in [0.3, 0.4) is 0 Å². The molecule has 1 saturated heterocycles. The summed E-state index contributed by atoms with van der Waals surface area (Å²) in [4.78, 5) is 12.4. The van der Waals surface area contributed by atoms with E-state index in [0.29, 0.717) is 11.6 Å². The first-order valence-corrected chi connectivity index (χ1v) is 9.01. The van der Waals surface area contributed by atoms with Gasteiger partial charge in [0.1, 0.15) is 5.60 Å². The van der Waals surface area contributed by atoms with Gasteiger partial charge in [0.15, 0.2) is 0 Å². The van der Waals surface area contributed by atoms with Crippen molar-refractivity contribution in [3.63, 3.8) is 0 Å². The van der Waals surface area contributed by atoms with E-state index in [-0.39, 0.29) is 29.8 Å². The minimum absolute atomic E-state index is 0.00463. The normalized spacial score (nSPS) is 30.0. The molecule has 1 aromatic carbocycles. The Morgan fingerprint density at radius 2 is 2.29 bits per heavy atom. The van der Waals surface area contributed by atoms with Crippen molar-refractivity contribution in [1.29, 1.82) is 0 Å². The van der Waals surface area contributed by atoms with Gasteiger partial charge in [0.2, 0.25) is 0 Å². The molecule has 5 nitrogen and oxygen atoms in total. The number of hydrogen-bond acceptors (Lipinski definition) is 3. The van der Waals surface area contributed by atoms with Crippen LogP contribution in [-0.2, 0) is 9.47 Å². The number of urea groups is 1. The maximum atomic E-state index is 12.4. The molecule has 0 aromatic heterocycles. The molecule has 1 spiro atoms. The van der Waals surface area contributed by atoms with E-state index >= 15 is 0 Å². The number of hydrogen-bond donors (Lipinski definition) is 2. The van der Waals surface area contributed by atoms with Crippen LogP contribution in [0.2, 0.25) is 5.02 Å². The first-order valence-electron chi connectivity index (χ1n) is 8.64. The van der Waals surface area contributed by atoms with Gasteiger partial charge >= 0.3 is 6.03 Å². The molecule has 24 heavy (non-hydrogen) atoms. The number of halogens is 1. The monoisotopic (exact) mass is 352 g/mol. The van der Waals surface area contributed by atoms with Crippen molar-refractivity contribution < 1.29 is 14.3 Å². The molecule has 0 radical (unpaired) electrons. The van der Waals surface area contributed by atoms with Crippen LogP contribution < -0.4 is 10.6 Å². The highest BCUT2D eigenvalue weighted by Gasteiger charge is 2.59. The minimum atomic E-state index is -0.346. The smallest absolute Gasteiger partial charge is 0.315 e. The third-order valence-corrected chi connectivity index (χ3v) is 5.40. The van der Waals surface area contributed by atoms with E-state index in [0.717, 1.165) is 31.4 Å². The molecule has 2 N–H and O–H groups in total. The number of ether oxygens (including phenoxy) is 2. The summed E-state index contributed by atoms with van der Waals surface area (Å²) in [6, 6.07) is 7.17. The van der Waals surface area contributed by atoms with Crippen molar-refractivity contribution in [3.05, 3.63) is 34.9 Å². The summed E-state index contributed by atoms with van der Waals surface area (Å²) >= 11 is 6.19. The Hall–Kier alpha value is -1.30. The third kappa shape index (κ3) is 3.25. The molecule has 1 aromatic rings. The highest BCUT2D eigenvalue weighted by atomic mass is 35.5. The fourth-order valence-electron chi connectivity index (χ4n) is 3.78. The Kier molecular flexibility index (Phi) is 5.33. The predicted molar refractivity (Wildman–Crippen MR) is 93.3 cm³/mol. The summed E-state index contributed by atoms with van der Waals surface area (Å²) in [6.45, 7) is 5.31. The van der Waals surface area contributed by atoms with Crippen LogP contribution in [0.25, 0.3) is 0 Å². The molecule has 4 atom stereocenters. The fourth-order valence-corrected chi connectivity index (χ4v) is 4.08. The van der Waals surface area contributed by atoms with Gasteiger partial charge in [0, 0.05) is 18.2 Å². The van der Waals surface area contributed by atoms with E-state index in [1.165, 1.54) is 0 Å². The standard InChI is InChI=1S/C18H25ClN2O3/c1-3-23-16-11-15(18(16)9-6-10-24-18)21-17(22)20-12(2)13-7-4-5-8-14(13)19/h4-5,7-8,12,15-16H,3,6,9-11H2,1-2H3,(H2,20,21,22). The van der Waals surface area contributed by atoms with Crippen molar-refractivity contribution in [2.45, 2.75) is 56.9 Å². The van der Waals surface area contributed by atoms with Crippen LogP contribution in [0.4, 0.5) is 4.79 Å². The second kappa shape index (κ2) is 7.30. The largest absolute Gasteiger partial charge is 0.375 e. The van der Waals surface area contributed by atoms with Gasteiger partial charge < -0.3 is 20.1 Å². The summed E-state index contributed by atoms with van der Waals surface area (Å²) in [6.07, 6.45) is 2.82. The van der Waals surface area contributed by atoms with Gasteiger partial charge in [-0.1, -0.05) is 29.8 Å². The molecule has 3 rings (SSSR count). The molecule has 1 saturated carbocycles. The van der Waals surface area contributed by atoms with Crippen LogP contribution in [0.1, 0.15) is 44.7 Å². The second-order valence-corrected chi connectivity index (χ2v) is 6.91. The van der Waals surface area contributed by atoms with E-state index < -0.39 is 0 Å². The van der Waals surface area contributed by atoms with E-state index in [1.54, 1.807) is 0 Å². The number of rotatable bonds is 5. The maximum absolute atomic E-state index is 12.4. The molecule has 6 heteroatoms. The summed E-state index contributed by atoms with van der Waals surface area (Å²) < 4.78 is 11.8. The van der Waals surface area contributed by atoms with Gasteiger partial charge in [-0.25, -0.2) is 4.79 Å². The zero-order chi connectivity index (χ0) is 17.2. The van der Waals surface area contributed by atoms with Crippen molar-refractivity contribution in [1.82, 2.24) is 10.6 Å². The quantitative estimate of drug-likeness (QED) is 0.853. The average Bonchev–Trinajstić information content (AvgIpc) is 3.07. The lowest BCUT2D eigenvalue weighted by molar-refractivity contribution is -0.194. The van der Waals surface area contributed by atoms with Crippen LogP contribution in [0.15, 0.2) is 24.3 Å². The second-order valence-electron chi connectivity index (χ2n) is 6.50. The van der Waals surface area contributed by atoms with Gasteiger partial charge in [-0.15, -0.1) is 0 Å². The molecular weight excluding hydrogens is 328 g/mol. The lowest BCUT2D eigenvalue weighted by Gasteiger charge is -2.52. The van der Waals surface area contributed by atoms with Crippen LogP contribution >= 0.6 is 11.6 Å². The van der Waals surface area contributed by atoms with Crippen molar-refractivity contribution in [2.75, 3.05) is 13.2 Å². The van der Waals surface area contributed by atoms with Crippen LogP contribution in [0, 0.1) is 0 Å². The Labute approximate surface area is 148 Å². The van der Waals surface area contributed by atoms with Crippen molar-refractivity contribution in [3.8, 4) is 0 Å². The fraction of sp³-hybridized carbons (Fsp3) is 0.611. The molecule has 1 aliphatic carbocycles. The van der Waals surface area contributed by atoms with Crippen molar-refractivity contribution in [2.24, 2.45) is 0 Å². The third-order valence-electron chi connectivity index (χ3n) is 5.06. The molecule has 0 bridgehead atoms. The van der Waals surface area contributed by atoms with Gasteiger partial charge in [-0.3, -0.25) is 0 Å². The predicted octanol–water partition coefficient (Wildman–Crippen LogP) is 3.43. The van der Waals surface area contributed by atoms with Crippen LogP contribution in [-0.4, -0.2) is 37.0 Å². The van der Waals surface area contributed by atoms with E-state index in [1.807, 2.05) is 38.1 Å². The highest BCUT2D eigenvalue weighted by molar-refractivity contribution is 6.31. The summed E-state index contributed by atoms with van der Waals surface area (Å²) in [5.41, 5.74) is 0.558. The highest BCUT2D eigenvalue weighted by Crippen LogP contribution is 2.45. The molecule has 132 valence electrons. The number of amides is 2. The molecular formula is C18H25ClN2O3. The maximum Gasteiger partial charge on any atom is 0.315 e. The Balaban J connectivity index is 1.58. The van der Waals surface area contributed by atoms with E-state index in [4.69, 9.17) is 21.1 Å². The Bertz CT molecular complexity index is 589. The van der Waals surface area contributed by atoms with Crippen molar-refractivity contribution >= 4 is 17.6 Å². The zero-order valence-electron chi connectivity index (χ0n) is 14.2. The van der Waals surface area contributed by atoms with E-state index in [9.17, 15) is 4.79 Å². The number of carbonyl (C=O) groups is 1. The SMILES string of the molecule is CCOC1CC(NC(=O)NC(C)c2ccccc2Cl)C12CCCO2. The summed E-state index contributed by atoms with van der Waals surface area (Å²) in [5, 5.41) is 6.67. The molecule has 2 amide bonds. The topological polar surface area (TPSA) is 59.6 Å². The molecule has 1 heterocycles. The lowest BCUT2D eigenvalue weighted by atomic mass is 9.70. The average molecular weight is 353 g/mol. The molecule has 2 fully saturated rings. The van der Waals surface area contributed by atoms with E-state index in [2.05, 4.69) is 10.6 Å². The summed E-state index contributed by atoms with van der Waals surface area (Å²) in [5.74, 6) is 0.